The number of aryl methyl sites for hydroxylation is 2. The summed E-state index contributed by atoms with van der Waals surface area (Å²) < 4.78 is 1.58. The van der Waals surface area contributed by atoms with E-state index in [2.05, 4.69) is 15.4 Å². The molecule has 0 saturated heterocycles. The van der Waals surface area contributed by atoms with E-state index in [4.69, 9.17) is 10.2 Å². The Morgan fingerprint density at radius 3 is 2.74 bits per heavy atom. The highest BCUT2D eigenvalue weighted by molar-refractivity contribution is 5.99. The number of nitrogens with one attached hydrogen (secondary N) is 1. The molecule has 0 fully saturated rings. The van der Waals surface area contributed by atoms with Gasteiger partial charge in [-0.2, -0.15) is 5.10 Å². The monoisotopic (exact) mass is 264 g/mol. The largest absolute Gasteiger partial charge is 0.394 e. The van der Waals surface area contributed by atoms with E-state index in [0.29, 0.717) is 11.2 Å². The number of carbonyl (C=O) groups is 1. The number of aliphatic hydroxyl groups excluding tert-OH is 2. The third kappa shape index (κ3) is 2.56. The van der Waals surface area contributed by atoms with Gasteiger partial charge >= 0.3 is 0 Å². The highest BCUT2D eigenvalue weighted by Gasteiger charge is 2.18. The van der Waals surface area contributed by atoms with Crippen molar-refractivity contribution in [1.82, 2.24) is 19.9 Å². The van der Waals surface area contributed by atoms with Crippen LogP contribution in [0.3, 0.4) is 0 Å². The van der Waals surface area contributed by atoms with Crippen LogP contribution in [0.5, 0.6) is 0 Å². The van der Waals surface area contributed by atoms with Gasteiger partial charge in [-0.15, -0.1) is 0 Å². The molecule has 0 aliphatic heterocycles. The van der Waals surface area contributed by atoms with Gasteiger partial charge < -0.3 is 15.5 Å². The van der Waals surface area contributed by atoms with Crippen molar-refractivity contribution in [3.8, 4) is 0 Å². The number of hydrogen-bond donors (Lipinski definition) is 3. The molecule has 0 aliphatic rings. The molecule has 0 aliphatic carbocycles. The van der Waals surface area contributed by atoms with Gasteiger partial charge in [0, 0.05) is 11.4 Å². The molecule has 7 heteroatoms. The first-order chi connectivity index (χ1) is 9.06. The van der Waals surface area contributed by atoms with Gasteiger partial charge in [0.25, 0.3) is 5.91 Å². The SMILES string of the molecule is Cc1cc(C)n2ncc(C(=O)NC(CO)CO)c2n1. The predicted octanol–water partition coefficient (Wildman–Crippen LogP) is -0.571. The Bertz CT molecular complexity index is 604. The molecule has 0 aromatic carbocycles. The lowest BCUT2D eigenvalue weighted by Gasteiger charge is -2.12. The second kappa shape index (κ2) is 5.33. The Balaban J connectivity index is 2.38. The van der Waals surface area contributed by atoms with Gasteiger partial charge in [0.1, 0.15) is 5.56 Å². The lowest BCUT2D eigenvalue weighted by atomic mass is 10.2. The third-order valence-corrected chi connectivity index (χ3v) is 2.80. The lowest BCUT2D eigenvalue weighted by Crippen LogP contribution is -2.40. The summed E-state index contributed by atoms with van der Waals surface area (Å²) >= 11 is 0. The van der Waals surface area contributed by atoms with Gasteiger partial charge in [0.15, 0.2) is 5.65 Å². The maximum absolute atomic E-state index is 12.0. The quantitative estimate of drug-likeness (QED) is 0.686. The predicted molar refractivity (Wildman–Crippen MR) is 67.9 cm³/mol. The maximum atomic E-state index is 12.0. The molecule has 0 unspecified atom stereocenters. The summed E-state index contributed by atoms with van der Waals surface area (Å²) in [6, 6.07) is 1.18. The molecule has 3 N–H and O–H groups in total. The highest BCUT2D eigenvalue weighted by Crippen LogP contribution is 2.11. The molecule has 0 bridgehead atoms. The van der Waals surface area contributed by atoms with E-state index in [1.165, 1.54) is 6.20 Å². The Morgan fingerprint density at radius 2 is 2.11 bits per heavy atom. The minimum atomic E-state index is -0.687. The molecule has 0 spiro atoms. The molecule has 0 atom stereocenters. The molecule has 1 amide bonds. The Morgan fingerprint density at radius 1 is 1.42 bits per heavy atom. The van der Waals surface area contributed by atoms with Crippen molar-refractivity contribution in [2.45, 2.75) is 19.9 Å². The molecule has 19 heavy (non-hydrogen) atoms. The topological polar surface area (TPSA) is 99.8 Å². The zero-order chi connectivity index (χ0) is 14.0. The number of carbonyl (C=O) groups excluding carboxylic acids is 1. The van der Waals surface area contributed by atoms with E-state index >= 15 is 0 Å². The zero-order valence-corrected chi connectivity index (χ0v) is 10.8. The van der Waals surface area contributed by atoms with Crippen LogP contribution in [0.4, 0.5) is 0 Å². The van der Waals surface area contributed by atoms with E-state index < -0.39 is 11.9 Å². The first-order valence-electron chi connectivity index (χ1n) is 5.91. The minimum Gasteiger partial charge on any atom is -0.394 e. The van der Waals surface area contributed by atoms with E-state index in [0.717, 1.165) is 11.4 Å². The van der Waals surface area contributed by atoms with Crippen molar-refractivity contribution in [2.24, 2.45) is 0 Å². The van der Waals surface area contributed by atoms with Gasteiger partial charge in [-0.05, 0) is 19.9 Å². The summed E-state index contributed by atoms with van der Waals surface area (Å²) in [7, 11) is 0. The summed E-state index contributed by atoms with van der Waals surface area (Å²) in [6.07, 6.45) is 1.43. The number of hydrogen-bond acceptors (Lipinski definition) is 5. The third-order valence-electron chi connectivity index (χ3n) is 2.80. The first-order valence-corrected chi connectivity index (χ1v) is 5.91. The number of amides is 1. The van der Waals surface area contributed by atoms with Gasteiger partial charge in [0.05, 0.1) is 25.5 Å². The fourth-order valence-electron chi connectivity index (χ4n) is 1.84. The van der Waals surface area contributed by atoms with Crippen molar-refractivity contribution >= 4 is 11.6 Å². The molecule has 2 aromatic rings. The standard InChI is InChI=1S/C12H16N4O3/c1-7-3-8(2)16-11(14-7)10(4-13-16)12(19)15-9(5-17)6-18/h3-4,9,17-18H,5-6H2,1-2H3,(H,15,19). The highest BCUT2D eigenvalue weighted by atomic mass is 16.3. The zero-order valence-electron chi connectivity index (χ0n) is 10.8. The van der Waals surface area contributed by atoms with Crippen LogP contribution in [0.15, 0.2) is 12.3 Å². The van der Waals surface area contributed by atoms with E-state index in [1.54, 1.807) is 4.52 Å². The summed E-state index contributed by atoms with van der Waals surface area (Å²) in [5.74, 6) is -0.416. The van der Waals surface area contributed by atoms with E-state index in [1.807, 2.05) is 19.9 Å². The second-order valence-electron chi connectivity index (χ2n) is 4.37. The molecule has 102 valence electrons. The van der Waals surface area contributed by atoms with Crippen molar-refractivity contribution in [1.29, 1.82) is 0 Å². The molecular weight excluding hydrogens is 248 g/mol. The summed E-state index contributed by atoms with van der Waals surface area (Å²) in [5, 5.41) is 24.6. The van der Waals surface area contributed by atoms with Crippen LogP contribution in [0.1, 0.15) is 21.7 Å². The molecule has 7 nitrogen and oxygen atoms in total. The first kappa shape index (κ1) is 13.4. The van der Waals surface area contributed by atoms with E-state index in [9.17, 15) is 4.79 Å². The summed E-state index contributed by atoms with van der Waals surface area (Å²) in [6.45, 7) is 3.06. The van der Waals surface area contributed by atoms with Gasteiger partial charge in [-0.1, -0.05) is 0 Å². The number of fused-ring (bicyclic) bond motifs is 1. The van der Waals surface area contributed by atoms with Crippen molar-refractivity contribution < 1.29 is 15.0 Å². The van der Waals surface area contributed by atoms with Gasteiger partial charge in [-0.25, -0.2) is 9.50 Å². The van der Waals surface area contributed by atoms with Crippen LogP contribution in [-0.2, 0) is 0 Å². The number of aliphatic hydroxyl groups is 2. The van der Waals surface area contributed by atoms with Gasteiger partial charge in [0.2, 0.25) is 0 Å². The van der Waals surface area contributed by atoms with Crippen LogP contribution >= 0.6 is 0 Å². The molecule has 0 radical (unpaired) electrons. The lowest BCUT2D eigenvalue weighted by molar-refractivity contribution is 0.0881. The van der Waals surface area contributed by atoms with Crippen molar-refractivity contribution in [3.63, 3.8) is 0 Å². The van der Waals surface area contributed by atoms with E-state index in [-0.39, 0.29) is 13.2 Å². The van der Waals surface area contributed by atoms with Crippen LogP contribution in [-0.4, -0.2) is 50.0 Å². The Labute approximate surface area is 109 Å². The van der Waals surface area contributed by atoms with Crippen LogP contribution in [0.25, 0.3) is 5.65 Å². The normalized spacial score (nSPS) is 11.2. The number of rotatable bonds is 4. The Kier molecular flexibility index (Phi) is 3.77. The van der Waals surface area contributed by atoms with Crippen molar-refractivity contribution in [3.05, 3.63) is 29.2 Å². The fourth-order valence-corrected chi connectivity index (χ4v) is 1.84. The molecule has 0 saturated carbocycles. The Hall–Kier alpha value is -1.99. The van der Waals surface area contributed by atoms with Crippen LogP contribution in [0, 0.1) is 13.8 Å². The molecule has 2 aromatic heterocycles. The second-order valence-corrected chi connectivity index (χ2v) is 4.37. The number of nitrogens with zero attached hydrogens (tertiary/aromatic N) is 3. The number of aromatic nitrogens is 3. The van der Waals surface area contributed by atoms with Gasteiger partial charge in [-0.3, -0.25) is 4.79 Å². The molecule has 2 heterocycles. The average molecular weight is 264 g/mol. The molecule has 2 rings (SSSR count). The summed E-state index contributed by atoms with van der Waals surface area (Å²) in [4.78, 5) is 16.3. The van der Waals surface area contributed by atoms with Crippen LogP contribution < -0.4 is 5.32 Å². The molecular formula is C12H16N4O3. The maximum Gasteiger partial charge on any atom is 0.257 e. The van der Waals surface area contributed by atoms with Crippen molar-refractivity contribution in [2.75, 3.05) is 13.2 Å². The minimum absolute atomic E-state index is 0.318. The summed E-state index contributed by atoms with van der Waals surface area (Å²) in [5.41, 5.74) is 2.45. The average Bonchev–Trinajstić information content (AvgIpc) is 2.79. The fraction of sp³-hybridized carbons (Fsp3) is 0.417. The smallest absolute Gasteiger partial charge is 0.257 e. The van der Waals surface area contributed by atoms with Crippen LogP contribution in [0.2, 0.25) is 0 Å².